The zero-order valence-electron chi connectivity index (χ0n) is 22.3. The minimum Gasteiger partial charge on any atom is -0.495 e. The summed E-state index contributed by atoms with van der Waals surface area (Å²) in [5, 5.41) is 9.93. The standard InChI is InChI=1S/C30H34N6O2/c1-20(36(31)27-19-22(30(2,3)4)11-13-28(27)38-5)34-26-12-10-21(24-8-6-7-9-25(24)26)18-23-14-15-32-29(35-23)33-16-17-37/h6-15,17,19,34H,1,16,18,31H2,2-5H3,(H,32,33,35). The molecule has 0 spiro atoms. The summed E-state index contributed by atoms with van der Waals surface area (Å²) in [6, 6.07) is 20.1. The Bertz CT molecular complexity index is 1460. The lowest BCUT2D eigenvalue weighted by atomic mass is 9.87. The number of fused-ring (bicyclic) bond motifs is 1. The largest absolute Gasteiger partial charge is 0.495 e. The predicted molar refractivity (Wildman–Crippen MR) is 154 cm³/mol. The number of hydrazine groups is 1. The molecule has 1 heterocycles. The summed E-state index contributed by atoms with van der Waals surface area (Å²) >= 11 is 0. The molecule has 0 atom stereocenters. The van der Waals surface area contributed by atoms with E-state index in [-0.39, 0.29) is 12.0 Å². The van der Waals surface area contributed by atoms with Crippen molar-refractivity contribution in [3.8, 4) is 5.75 Å². The normalized spacial score (nSPS) is 11.2. The van der Waals surface area contributed by atoms with Crippen LogP contribution in [0.15, 0.2) is 79.3 Å². The van der Waals surface area contributed by atoms with Gasteiger partial charge in [0.2, 0.25) is 5.95 Å². The Balaban J connectivity index is 1.61. The summed E-state index contributed by atoms with van der Waals surface area (Å²) in [4.78, 5) is 19.4. The first-order valence-corrected chi connectivity index (χ1v) is 12.4. The molecule has 3 aromatic carbocycles. The van der Waals surface area contributed by atoms with Crippen molar-refractivity contribution in [3.63, 3.8) is 0 Å². The van der Waals surface area contributed by atoms with Gasteiger partial charge in [-0.1, -0.05) is 63.7 Å². The fourth-order valence-corrected chi connectivity index (χ4v) is 4.24. The van der Waals surface area contributed by atoms with Crippen LogP contribution in [0.5, 0.6) is 5.75 Å². The average Bonchev–Trinajstić information content (AvgIpc) is 2.92. The molecule has 4 rings (SSSR count). The second-order valence-corrected chi connectivity index (χ2v) is 9.99. The van der Waals surface area contributed by atoms with Gasteiger partial charge in [-0.15, -0.1) is 0 Å². The van der Waals surface area contributed by atoms with E-state index in [4.69, 9.17) is 10.6 Å². The second kappa shape index (κ2) is 11.3. The van der Waals surface area contributed by atoms with Crippen LogP contribution in [0, 0.1) is 0 Å². The number of aldehydes is 1. The van der Waals surface area contributed by atoms with Crippen LogP contribution in [-0.2, 0) is 16.6 Å². The number of carbonyl (C=O) groups excluding carboxylic acids is 1. The Kier molecular flexibility index (Phi) is 7.93. The van der Waals surface area contributed by atoms with Crippen LogP contribution in [-0.4, -0.2) is 29.9 Å². The number of aromatic nitrogens is 2. The van der Waals surface area contributed by atoms with Gasteiger partial charge in [-0.2, -0.15) is 0 Å². The highest BCUT2D eigenvalue weighted by Gasteiger charge is 2.19. The van der Waals surface area contributed by atoms with Gasteiger partial charge in [0.15, 0.2) is 0 Å². The van der Waals surface area contributed by atoms with Crippen molar-refractivity contribution >= 4 is 34.4 Å². The van der Waals surface area contributed by atoms with Crippen molar-refractivity contribution in [1.82, 2.24) is 9.97 Å². The number of carbonyl (C=O) groups is 1. The predicted octanol–water partition coefficient (Wildman–Crippen LogP) is 5.40. The maximum atomic E-state index is 10.7. The van der Waals surface area contributed by atoms with Gasteiger partial charge in [-0.05, 0) is 46.2 Å². The van der Waals surface area contributed by atoms with Crippen LogP contribution < -0.4 is 26.2 Å². The number of rotatable bonds is 10. The highest BCUT2D eigenvalue weighted by atomic mass is 16.5. The Morgan fingerprint density at radius 1 is 1.11 bits per heavy atom. The number of methoxy groups -OCH3 is 1. The van der Waals surface area contributed by atoms with Crippen molar-refractivity contribution in [2.45, 2.75) is 32.6 Å². The highest BCUT2D eigenvalue weighted by Crippen LogP contribution is 2.35. The fourth-order valence-electron chi connectivity index (χ4n) is 4.24. The molecule has 0 radical (unpaired) electrons. The van der Waals surface area contributed by atoms with Gasteiger partial charge < -0.3 is 20.2 Å². The van der Waals surface area contributed by atoms with Crippen LogP contribution in [0.4, 0.5) is 17.3 Å². The smallest absolute Gasteiger partial charge is 0.223 e. The number of nitrogens with zero attached hydrogens (tertiary/aromatic N) is 3. The number of anilines is 3. The monoisotopic (exact) mass is 510 g/mol. The molecular weight excluding hydrogens is 476 g/mol. The molecule has 0 amide bonds. The molecule has 0 aliphatic heterocycles. The van der Waals surface area contributed by atoms with E-state index in [0.717, 1.165) is 45.3 Å². The number of benzene rings is 3. The molecule has 38 heavy (non-hydrogen) atoms. The van der Waals surface area contributed by atoms with Crippen LogP contribution in [0.1, 0.15) is 37.6 Å². The fraction of sp³-hybridized carbons (Fsp3) is 0.233. The Morgan fingerprint density at radius 3 is 2.58 bits per heavy atom. The molecule has 4 N–H and O–H groups in total. The van der Waals surface area contributed by atoms with Crippen molar-refractivity contribution in [3.05, 3.63) is 96.1 Å². The lowest BCUT2D eigenvalue weighted by molar-refractivity contribution is -0.106. The van der Waals surface area contributed by atoms with Crippen LogP contribution in [0.3, 0.4) is 0 Å². The minimum atomic E-state index is -0.0440. The summed E-state index contributed by atoms with van der Waals surface area (Å²) in [5.41, 5.74) is 4.66. The Labute approximate surface area is 223 Å². The number of ether oxygens (including phenoxy) is 1. The minimum absolute atomic E-state index is 0.0440. The number of nitrogens with one attached hydrogen (secondary N) is 2. The maximum absolute atomic E-state index is 10.7. The third-order valence-electron chi connectivity index (χ3n) is 6.32. The molecule has 1 aromatic heterocycles. The molecular formula is C30H34N6O2. The average molecular weight is 511 g/mol. The van der Waals surface area contributed by atoms with Gasteiger partial charge in [-0.25, -0.2) is 15.8 Å². The molecule has 4 aromatic rings. The van der Waals surface area contributed by atoms with E-state index in [9.17, 15) is 4.79 Å². The van der Waals surface area contributed by atoms with E-state index in [1.807, 2.05) is 36.4 Å². The third-order valence-corrected chi connectivity index (χ3v) is 6.32. The first-order chi connectivity index (χ1) is 18.2. The van der Waals surface area contributed by atoms with Gasteiger partial charge in [0, 0.05) is 23.7 Å². The van der Waals surface area contributed by atoms with Crippen molar-refractivity contribution in [2.24, 2.45) is 5.84 Å². The van der Waals surface area contributed by atoms with Crippen molar-refractivity contribution in [2.75, 3.05) is 29.3 Å². The van der Waals surface area contributed by atoms with Crippen molar-refractivity contribution < 1.29 is 9.53 Å². The Hall–Kier alpha value is -4.43. The molecule has 0 unspecified atom stereocenters. The number of nitrogens with two attached hydrogens (primary N) is 1. The molecule has 8 nitrogen and oxygen atoms in total. The summed E-state index contributed by atoms with van der Waals surface area (Å²) in [6.45, 7) is 10.8. The van der Waals surface area contributed by atoms with Gasteiger partial charge in [0.1, 0.15) is 23.5 Å². The number of hydrogen-bond donors (Lipinski definition) is 3. The number of hydrogen-bond acceptors (Lipinski definition) is 8. The lowest BCUT2D eigenvalue weighted by Crippen LogP contribution is -2.33. The SMILES string of the molecule is C=C(Nc1ccc(Cc2ccnc(NCC=O)n2)c2ccccc12)N(N)c1cc(C(C)(C)C)ccc1OC. The molecule has 196 valence electrons. The second-order valence-electron chi connectivity index (χ2n) is 9.99. The summed E-state index contributed by atoms with van der Waals surface area (Å²) in [7, 11) is 1.63. The topological polar surface area (TPSA) is 105 Å². The molecule has 0 saturated carbocycles. The molecule has 8 heteroatoms. The van der Waals surface area contributed by atoms with Gasteiger partial charge in [0.05, 0.1) is 19.3 Å². The molecule has 0 saturated heterocycles. The Morgan fingerprint density at radius 2 is 1.87 bits per heavy atom. The molecule has 0 fully saturated rings. The van der Waals surface area contributed by atoms with Crippen molar-refractivity contribution in [1.29, 1.82) is 0 Å². The van der Waals surface area contributed by atoms with E-state index in [1.54, 1.807) is 13.3 Å². The maximum Gasteiger partial charge on any atom is 0.223 e. The zero-order chi connectivity index (χ0) is 27.3. The summed E-state index contributed by atoms with van der Waals surface area (Å²) < 4.78 is 5.58. The van der Waals surface area contributed by atoms with Crippen LogP contribution in [0.25, 0.3) is 10.8 Å². The van der Waals surface area contributed by atoms with Crippen LogP contribution >= 0.6 is 0 Å². The van der Waals surface area contributed by atoms with E-state index >= 15 is 0 Å². The molecule has 0 aliphatic rings. The first-order valence-electron chi connectivity index (χ1n) is 12.4. The van der Waals surface area contributed by atoms with E-state index < -0.39 is 0 Å². The highest BCUT2D eigenvalue weighted by molar-refractivity contribution is 5.97. The first kappa shape index (κ1) is 26.6. The van der Waals surface area contributed by atoms with E-state index in [1.165, 1.54) is 5.01 Å². The van der Waals surface area contributed by atoms with E-state index in [0.29, 0.717) is 23.9 Å². The van der Waals surface area contributed by atoms with Gasteiger partial charge in [-0.3, -0.25) is 5.01 Å². The molecule has 0 bridgehead atoms. The third kappa shape index (κ3) is 5.92. The van der Waals surface area contributed by atoms with E-state index in [2.05, 4.69) is 72.2 Å². The summed E-state index contributed by atoms with van der Waals surface area (Å²) in [5.74, 6) is 8.15. The van der Waals surface area contributed by atoms with Gasteiger partial charge >= 0.3 is 0 Å². The molecule has 0 aliphatic carbocycles. The summed E-state index contributed by atoms with van der Waals surface area (Å²) in [6.07, 6.45) is 3.08. The van der Waals surface area contributed by atoms with Gasteiger partial charge in [0.25, 0.3) is 0 Å². The zero-order valence-corrected chi connectivity index (χ0v) is 22.3. The van der Waals surface area contributed by atoms with Crippen LogP contribution in [0.2, 0.25) is 0 Å². The lowest BCUT2D eigenvalue weighted by Gasteiger charge is -2.27. The quantitative estimate of drug-likeness (QED) is 0.148.